The maximum absolute atomic E-state index is 13.4. The molecule has 0 N–H and O–H groups in total. The predicted molar refractivity (Wildman–Crippen MR) is 63.5 cm³/mol. The lowest BCUT2D eigenvalue weighted by Crippen LogP contribution is -2.36. The van der Waals surface area contributed by atoms with Crippen molar-refractivity contribution in [2.75, 3.05) is 18.6 Å². The first-order valence-corrected chi connectivity index (χ1v) is 5.71. The molecule has 0 saturated carbocycles. The molecule has 0 spiro atoms. The number of hydrogen-bond acceptors (Lipinski definition) is 4. The molecule has 94 valence electrons. The second-order valence-corrected chi connectivity index (χ2v) is 4.18. The van der Waals surface area contributed by atoms with E-state index in [2.05, 4.69) is 0 Å². The summed E-state index contributed by atoms with van der Waals surface area (Å²) in [6.07, 6.45) is 1.53. The molecule has 0 amide bonds. The van der Waals surface area contributed by atoms with Gasteiger partial charge < -0.3 is 9.64 Å². The van der Waals surface area contributed by atoms with Crippen LogP contribution in [0.1, 0.15) is 18.4 Å². The molecule has 4 nitrogen and oxygen atoms in total. The van der Waals surface area contributed by atoms with Gasteiger partial charge >= 0.3 is 5.97 Å². The number of methoxy groups -OCH3 is 1. The fraction of sp³-hybridized carbons (Fsp3) is 0.385. The van der Waals surface area contributed by atoms with Crippen molar-refractivity contribution >= 4 is 11.7 Å². The van der Waals surface area contributed by atoms with Crippen LogP contribution in [0.2, 0.25) is 0 Å². The molecular weight excluding hydrogens is 235 g/mol. The highest BCUT2D eigenvalue weighted by Gasteiger charge is 2.31. The molecule has 18 heavy (non-hydrogen) atoms. The summed E-state index contributed by atoms with van der Waals surface area (Å²) in [7, 11) is 1.34. The van der Waals surface area contributed by atoms with Gasteiger partial charge in [0.25, 0.3) is 0 Å². The Balaban J connectivity index is 2.33. The van der Waals surface area contributed by atoms with Crippen LogP contribution < -0.4 is 4.90 Å². The van der Waals surface area contributed by atoms with E-state index in [0.29, 0.717) is 18.7 Å². The highest BCUT2D eigenvalue weighted by atomic mass is 19.1. The molecule has 1 atom stereocenters. The van der Waals surface area contributed by atoms with E-state index in [1.54, 1.807) is 11.0 Å². The largest absolute Gasteiger partial charge is 0.467 e. The second-order valence-electron chi connectivity index (χ2n) is 4.18. The number of carbonyl (C=O) groups excluding carboxylic acids is 1. The van der Waals surface area contributed by atoms with Crippen molar-refractivity contribution in [3.63, 3.8) is 0 Å². The molecule has 1 aromatic rings. The Kier molecular flexibility index (Phi) is 3.47. The van der Waals surface area contributed by atoms with Crippen molar-refractivity contribution in [3.8, 4) is 6.07 Å². The van der Waals surface area contributed by atoms with E-state index < -0.39 is 5.82 Å². The second kappa shape index (κ2) is 5.05. The van der Waals surface area contributed by atoms with Crippen molar-refractivity contribution in [1.82, 2.24) is 0 Å². The molecule has 1 heterocycles. The third kappa shape index (κ3) is 2.28. The zero-order valence-electron chi connectivity index (χ0n) is 10.0. The molecule has 1 aliphatic heterocycles. The first kappa shape index (κ1) is 12.4. The van der Waals surface area contributed by atoms with E-state index in [0.717, 1.165) is 6.42 Å². The number of hydrogen-bond donors (Lipinski definition) is 0. The number of anilines is 1. The van der Waals surface area contributed by atoms with Gasteiger partial charge in [-0.2, -0.15) is 5.26 Å². The number of esters is 1. The lowest BCUT2D eigenvalue weighted by atomic mass is 10.1. The maximum Gasteiger partial charge on any atom is 0.328 e. The van der Waals surface area contributed by atoms with Crippen LogP contribution in [-0.2, 0) is 9.53 Å². The average Bonchev–Trinajstić information content (AvgIpc) is 2.86. The minimum Gasteiger partial charge on any atom is -0.467 e. The summed E-state index contributed by atoms with van der Waals surface area (Å²) in [4.78, 5) is 13.4. The zero-order chi connectivity index (χ0) is 13.1. The molecule has 1 unspecified atom stereocenters. The number of rotatable bonds is 2. The molecule has 1 aromatic carbocycles. The van der Waals surface area contributed by atoms with Crippen LogP contribution in [-0.4, -0.2) is 25.7 Å². The van der Waals surface area contributed by atoms with Crippen LogP contribution in [0.3, 0.4) is 0 Å². The normalized spacial score (nSPS) is 18.5. The Bertz CT molecular complexity index is 510. The Morgan fingerprint density at radius 1 is 1.56 bits per heavy atom. The van der Waals surface area contributed by atoms with Crippen molar-refractivity contribution in [2.45, 2.75) is 18.9 Å². The van der Waals surface area contributed by atoms with E-state index in [4.69, 9.17) is 10.00 Å². The minimum atomic E-state index is -0.473. The predicted octanol–water partition coefficient (Wildman–Crippen LogP) is 1.84. The van der Waals surface area contributed by atoms with Gasteiger partial charge in [0.2, 0.25) is 0 Å². The number of ether oxygens (including phenoxy) is 1. The number of benzene rings is 1. The van der Waals surface area contributed by atoms with E-state index in [1.807, 2.05) is 6.07 Å². The lowest BCUT2D eigenvalue weighted by molar-refractivity contribution is -0.141. The van der Waals surface area contributed by atoms with Crippen molar-refractivity contribution in [2.24, 2.45) is 0 Å². The van der Waals surface area contributed by atoms with Gasteiger partial charge in [0.15, 0.2) is 0 Å². The van der Waals surface area contributed by atoms with Gasteiger partial charge in [-0.3, -0.25) is 0 Å². The molecule has 2 rings (SSSR count). The minimum absolute atomic E-state index is 0.250. The molecule has 0 aromatic heterocycles. The summed E-state index contributed by atoms with van der Waals surface area (Å²) in [6.45, 7) is 0.661. The molecule has 1 fully saturated rings. The van der Waals surface area contributed by atoms with Crippen LogP contribution in [0, 0.1) is 17.1 Å². The van der Waals surface area contributed by atoms with Gasteiger partial charge in [-0.1, -0.05) is 0 Å². The lowest BCUT2D eigenvalue weighted by Gasteiger charge is -2.24. The van der Waals surface area contributed by atoms with Gasteiger partial charge in [0.1, 0.15) is 11.9 Å². The topological polar surface area (TPSA) is 53.3 Å². The van der Waals surface area contributed by atoms with Crippen molar-refractivity contribution < 1.29 is 13.9 Å². The number of halogens is 1. The van der Waals surface area contributed by atoms with Gasteiger partial charge in [0.05, 0.1) is 18.7 Å². The van der Waals surface area contributed by atoms with Gasteiger partial charge in [-0.05, 0) is 31.0 Å². The Morgan fingerprint density at radius 3 is 3.00 bits per heavy atom. The number of nitriles is 1. The summed E-state index contributed by atoms with van der Waals surface area (Å²) in [5, 5.41) is 8.82. The molecule has 1 aliphatic rings. The van der Waals surface area contributed by atoms with Crippen LogP contribution in [0.15, 0.2) is 18.2 Å². The standard InChI is InChI=1S/C13H13FN2O2/c1-18-13(17)12-3-2-4-16(12)11-6-9(8-15)5-10(14)7-11/h5-7,12H,2-4H2,1H3. The third-order valence-electron chi connectivity index (χ3n) is 3.07. The van der Waals surface area contributed by atoms with E-state index in [-0.39, 0.29) is 17.6 Å². The maximum atomic E-state index is 13.4. The molecule has 1 saturated heterocycles. The van der Waals surface area contributed by atoms with Crippen LogP contribution in [0.25, 0.3) is 0 Å². The summed E-state index contributed by atoms with van der Waals surface area (Å²) < 4.78 is 18.1. The van der Waals surface area contributed by atoms with Crippen LogP contribution in [0.4, 0.5) is 10.1 Å². The summed E-state index contributed by atoms with van der Waals surface area (Å²) in [5.41, 5.74) is 0.806. The smallest absolute Gasteiger partial charge is 0.328 e. The fourth-order valence-electron chi connectivity index (χ4n) is 2.26. The molecule has 0 bridgehead atoms. The third-order valence-corrected chi connectivity index (χ3v) is 3.07. The first-order chi connectivity index (χ1) is 8.65. The van der Waals surface area contributed by atoms with Crippen LogP contribution >= 0.6 is 0 Å². The van der Waals surface area contributed by atoms with E-state index in [1.165, 1.54) is 19.2 Å². The molecule has 5 heteroatoms. The van der Waals surface area contributed by atoms with Gasteiger partial charge in [0, 0.05) is 12.2 Å². The Hall–Kier alpha value is -2.09. The first-order valence-electron chi connectivity index (χ1n) is 5.71. The summed E-state index contributed by atoms with van der Waals surface area (Å²) in [6, 6.07) is 5.62. The van der Waals surface area contributed by atoms with Gasteiger partial charge in [-0.25, -0.2) is 9.18 Å². The van der Waals surface area contributed by atoms with Crippen LogP contribution in [0.5, 0.6) is 0 Å². The quantitative estimate of drug-likeness (QED) is 0.749. The summed E-state index contributed by atoms with van der Waals surface area (Å²) in [5.74, 6) is -0.796. The average molecular weight is 248 g/mol. The summed E-state index contributed by atoms with van der Waals surface area (Å²) >= 11 is 0. The fourth-order valence-corrected chi connectivity index (χ4v) is 2.26. The molecule has 0 aliphatic carbocycles. The highest BCUT2D eigenvalue weighted by Crippen LogP contribution is 2.27. The van der Waals surface area contributed by atoms with Crippen molar-refractivity contribution in [3.05, 3.63) is 29.6 Å². The monoisotopic (exact) mass is 248 g/mol. The SMILES string of the molecule is COC(=O)C1CCCN1c1cc(F)cc(C#N)c1. The van der Waals surface area contributed by atoms with Gasteiger partial charge in [-0.15, -0.1) is 0 Å². The Labute approximate surface area is 105 Å². The molecule has 0 radical (unpaired) electrons. The number of carbonyl (C=O) groups is 1. The van der Waals surface area contributed by atoms with E-state index in [9.17, 15) is 9.18 Å². The molecular formula is C13H13FN2O2. The Morgan fingerprint density at radius 2 is 2.33 bits per heavy atom. The number of nitrogens with zero attached hydrogens (tertiary/aromatic N) is 2. The van der Waals surface area contributed by atoms with E-state index >= 15 is 0 Å². The zero-order valence-corrected chi connectivity index (χ0v) is 10.0. The highest BCUT2D eigenvalue weighted by molar-refractivity contribution is 5.80. The van der Waals surface area contributed by atoms with Crippen molar-refractivity contribution in [1.29, 1.82) is 5.26 Å².